The zero-order chi connectivity index (χ0) is 18.5. The molecule has 2 heterocycles. The van der Waals surface area contributed by atoms with Gasteiger partial charge in [-0.2, -0.15) is 0 Å². The highest BCUT2D eigenvalue weighted by Gasteiger charge is 2.15. The standard InChI is InChI=1S/C18H24ClN5OS/c1-13(2)24-12-20-22-18(24)26-11-17(25)21-14-6-7-16(15(19)10-14)23-8-4-3-5-9-23/h6-7,10,12-13H,3-5,8-9,11H2,1-2H3,(H,21,25). The highest BCUT2D eigenvalue weighted by atomic mass is 35.5. The Bertz CT molecular complexity index is 758. The Hall–Kier alpha value is -1.73. The second kappa shape index (κ2) is 8.77. The Morgan fingerprint density at radius 2 is 2.08 bits per heavy atom. The van der Waals surface area contributed by atoms with Crippen LogP contribution < -0.4 is 10.2 Å². The molecule has 0 aliphatic carbocycles. The summed E-state index contributed by atoms with van der Waals surface area (Å²) in [5, 5.41) is 12.3. The molecule has 140 valence electrons. The first-order chi connectivity index (χ1) is 12.5. The van der Waals surface area contributed by atoms with E-state index in [1.54, 1.807) is 6.33 Å². The Morgan fingerprint density at radius 1 is 1.31 bits per heavy atom. The molecule has 1 aliphatic heterocycles. The highest BCUT2D eigenvalue weighted by molar-refractivity contribution is 7.99. The lowest BCUT2D eigenvalue weighted by Crippen LogP contribution is -2.29. The lowest BCUT2D eigenvalue weighted by molar-refractivity contribution is -0.113. The topological polar surface area (TPSA) is 63.1 Å². The van der Waals surface area contributed by atoms with E-state index in [0.717, 1.165) is 23.9 Å². The van der Waals surface area contributed by atoms with Crippen molar-refractivity contribution in [2.45, 2.75) is 44.3 Å². The van der Waals surface area contributed by atoms with Crippen molar-refractivity contribution in [3.05, 3.63) is 29.5 Å². The Kier molecular flexibility index (Phi) is 6.43. The van der Waals surface area contributed by atoms with Gasteiger partial charge >= 0.3 is 0 Å². The predicted octanol–water partition coefficient (Wildman–Crippen LogP) is 4.23. The number of thioether (sulfide) groups is 1. The molecular formula is C18H24ClN5OS. The molecule has 0 radical (unpaired) electrons. The van der Waals surface area contributed by atoms with Crippen LogP contribution in [-0.2, 0) is 4.79 Å². The summed E-state index contributed by atoms with van der Waals surface area (Å²) in [6.07, 6.45) is 5.37. The number of carbonyl (C=O) groups excluding carboxylic acids is 1. The van der Waals surface area contributed by atoms with Gasteiger partial charge in [0.1, 0.15) is 6.33 Å². The molecule has 0 spiro atoms. The molecule has 1 N–H and O–H groups in total. The largest absolute Gasteiger partial charge is 0.370 e. The van der Waals surface area contributed by atoms with E-state index in [4.69, 9.17) is 11.6 Å². The average Bonchev–Trinajstić information content (AvgIpc) is 3.10. The summed E-state index contributed by atoms with van der Waals surface area (Å²) in [6, 6.07) is 5.99. The van der Waals surface area contributed by atoms with Gasteiger partial charge in [-0.1, -0.05) is 23.4 Å². The second-order valence-electron chi connectivity index (χ2n) is 6.67. The van der Waals surface area contributed by atoms with E-state index < -0.39 is 0 Å². The molecule has 0 unspecified atom stereocenters. The van der Waals surface area contributed by atoms with E-state index in [2.05, 4.69) is 34.3 Å². The third-order valence-corrected chi connectivity index (χ3v) is 5.62. The smallest absolute Gasteiger partial charge is 0.234 e. The molecule has 0 bridgehead atoms. The van der Waals surface area contributed by atoms with Crippen LogP contribution in [0, 0.1) is 0 Å². The number of hydrogen-bond acceptors (Lipinski definition) is 5. The van der Waals surface area contributed by atoms with Gasteiger partial charge in [-0.25, -0.2) is 0 Å². The Labute approximate surface area is 163 Å². The molecule has 1 aromatic heterocycles. The van der Waals surface area contributed by atoms with E-state index in [-0.39, 0.29) is 17.7 Å². The van der Waals surface area contributed by atoms with Crippen molar-refractivity contribution in [2.24, 2.45) is 0 Å². The fourth-order valence-electron chi connectivity index (χ4n) is 2.99. The number of rotatable bonds is 6. The number of hydrogen-bond donors (Lipinski definition) is 1. The number of amides is 1. The van der Waals surface area contributed by atoms with Crippen LogP contribution in [0.2, 0.25) is 5.02 Å². The van der Waals surface area contributed by atoms with E-state index in [1.165, 1.54) is 31.0 Å². The minimum absolute atomic E-state index is 0.0879. The third-order valence-electron chi connectivity index (χ3n) is 4.36. The van der Waals surface area contributed by atoms with E-state index in [1.807, 2.05) is 22.8 Å². The van der Waals surface area contributed by atoms with Gasteiger partial charge in [0.25, 0.3) is 0 Å². The lowest BCUT2D eigenvalue weighted by Gasteiger charge is -2.29. The van der Waals surface area contributed by atoms with Crippen molar-refractivity contribution in [3.63, 3.8) is 0 Å². The Morgan fingerprint density at radius 3 is 2.77 bits per heavy atom. The maximum atomic E-state index is 12.2. The molecule has 1 aliphatic rings. The third kappa shape index (κ3) is 4.71. The number of carbonyl (C=O) groups is 1. The molecule has 26 heavy (non-hydrogen) atoms. The van der Waals surface area contributed by atoms with Crippen LogP contribution in [0.25, 0.3) is 0 Å². The van der Waals surface area contributed by atoms with Crippen LogP contribution in [-0.4, -0.2) is 39.5 Å². The number of benzene rings is 1. The maximum absolute atomic E-state index is 12.2. The zero-order valence-electron chi connectivity index (χ0n) is 15.1. The molecular weight excluding hydrogens is 370 g/mol. The number of halogens is 1. The van der Waals surface area contributed by atoms with Crippen molar-refractivity contribution in [1.82, 2.24) is 14.8 Å². The van der Waals surface area contributed by atoms with E-state index in [0.29, 0.717) is 10.7 Å². The number of piperidine rings is 1. The van der Waals surface area contributed by atoms with Crippen LogP contribution in [0.1, 0.15) is 39.2 Å². The molecule has 2 aromatic rings. The summed E-state index contributed by atoms with van der Waals surface area (Å²) >= 11 is 7.82. The molecule has 6 nitrogen and oxygen atoms in total. The maximum Gasteiger partial charge on any atom is 0.234 e. The fraction of sp³-hybridized carbons (Fsp3) is 0.500. The van der Waals surface area contributed by atoms with Crippen molar-refractivity contribution in [3.8, 4) is 0 Å². The number of nitrogens with zero attached hydrogens (tertiary/aromatic N) is 4. The minimum Gasteiger partial charge on any atom is -0.370 e. The van der Waals surface area contributed by atoms with Crippen molar-refractivity contribution in [2.75, 3.05) is 29.1 Å². The summed E-state index contributed by atoms with van der Waals surface area (Å²) in [4.78, 5) is 14.6. The Balaban J connectivity index is 1.57. The first-order valence-electron chi connectivity index (χ1n) is 8.91. The summed E-state index contributed by atoms with van der Waals surface area (Å²) < 4.78 is 1.95. The van der Waals surface area contributed by atoms with Crippen molar-refractivity contribution >= 4 is 40.6 Å². The van der Waals surface area contributed by atoms with Gasteiger partial charge in [0.15, 0.2) is 5.16 Å². The van der Waals surface area contributed by atoms with Crippen LogP contribution in [0.5, 0.6) is 0 Å². The summed E-state index contributed by atoms with van der Waals surface area (Å²) in [7, 11) is 0. The van der Waals surface area contributed by atoms with Gasteiger partial charge in [0.2, 0.25) is 5.91 Å². The van der Waals surface area contributed by atoms with E-state index in [9.17, 15) is 4.79 Å². The van der Waals surface area contributed by atoms with Gasteiger partial charge in [0, 0.05) is 24.8 Å². The fourth-order valence-corrected chi connectivity index (χ4v) is 4.14. The first kappa shape index (κ1) is 19.0. The molecule has 1 aromatic carbocycles. The molecule has 8 heteroatoms. The summed E-state index contributed by atoms with van der Waals surface area (Å²) in [5.74, 6) is 0.187. The van der Waals surface area contributed by atoms with E-state index >= 15 is 0 Å². The van der Waals surface area contributed by atoms with Gasteiger partial charge in [0.05, 0.1) is 16.5 Å². The van der Waals surface area contributed by atoms with Gasteiger partial charge < -0.3 is 14.8 Å². The molecule has 1 fully saturated rings. The van der Waals surface area contributed by atoms with Crippen LogP contribution >= 0.6 is 23.4 Å². The highest BCUT2D eigenvalue weighted by Crippen LogP contribution is 2.31. The number of nitrogens with one attached hydrogen (secondary N) is 1. The zero-order valence-corrected chi connectivity index (χ0v) is 16.7. The minimum atomic E-state index is -0.0879. The first-order valence-corrected chi connectivity index (χ1v) is 10.3. The van der Waals surface area contributed by atoms with Crippen LogP contribution in [0.3, 0.4) is 0 Å². The quantitative estimate of drug-likeness (QED) is 0.744. The second-order valence-corrected chi connectivity index (χ2v) is 8.01. The monoisotopic (exact) mass is 393 g/mol. The lowest BCUT2D eigenvalue weighted by atomic mass is 10.1. The van der Waals surface area contributed by atoms with Gasteiger partial charge in [-0.15, -0.1) is 10.2 Å². The number of aromatic nitrogens is 3. The van der Waals surface area contributed by atoms with Gasteiger partial charge in [-0.3, -0.25) is 4.79 Å². The average molecular weight is 394 g/mol. The molecule has 1 saturated heterocycles. The molecule has 0 saturated carbocycles. The van der Waals surface area contributed by atoms with Gasteiger partial charge in [-0.05, 0) is 51.3 Å². The predicted molar refractivity (Wildman–Crippen MR) is 107 cm³/mol. The van der Waals surface area contributed by atoms with Crippen molar-refractivity contribution < 1.29 is 4.79 Å². The summed E-state index contributed by atoms with van der Waals surface area (Å²) in [6.45, 7) is 6.19. The SMILES string of the molecule is CC(C)n1cnnc1SCC(=O)Nc1ccc(N2CCCCC2)c(Cl)c1. The number of anilines is 2. The molecule has 3 rings (SSSR count). The normalized spacial score (nSPS) is 14.7. The summed E-state index contributed by atoms with van der Waals surface area (Å²) in [5.41, 5.74) is 1.76. The van der Waals surface area contributed by atoms with Crippen LogP contribution in [0.15, 0.2) is 29.7 Å². The van der Waals surface area contributed by atoms with Crippen molar-refractivity contribution in [1.29, 1.82) is 0 Å². The van der Waals surface area contributed by atoms with Crippen LogP contribution in [0.4, 0.5) is 11.4 Å². The molecule has 0 atom stereocenters. The molecule has 1 amide bonds.